The first kappa shape index (κ1) is 28.7. The number of aromatic nitrogens is 3. The van der Waals surface area contributed by atoms with Gasteiger partial charge < -0.3 is 29.7 Å². The number of nitrogens with one attached hydrogen (secondary N) is 2. The van der Waals surface area contributed by atoms with E-state index in [1.807, 2.05) is 18.2 Å². The predicted octanol–water partition coefficient (Wildman–Crippen LogP) is 4.19. The summed E-state index contributed by atoms with van der Waals surface area (Å²) < 4.78 is 6.99. The van der Waals surface area contributed by atoms with Crippen LogP contribution in [0.4, 0.5) is 17.5 Å². The first-order chi connectivity index (χ1) is 20.4. The van der Waals surface area contributed by atoms with E-state index in [0.29, 0.717) is 16.8 Å². The van der Waals surface area contributed by atoms with Gasteiger partial charge in [0, 0.05) is 57.9 Å². The van der Waals surface area contributed by atoms with Crippen molar-refractivity contribution < 1.29 is 9.53 Å². The van der Waals surface area contributed by atoms with Crippen molar-refractivity contribution in [3.05, 3.63) is 45.8 Å². The highest BCUT2D eigenvalue weighted by atomic mass is 35.5. The maximum Gasteiger partial charge on any atom is 0.293 e. The van der Waals surface area contributed by atoms with Crippen LogP contribution in [0.5, 0.6) is 5.75 Å². The molecule has 0 radical (unpaired) electrons. The molecule has 224 valence electrons. The van der Waals surface area contributed by atoms with Crippen molar-refractivity contribution in [3.8, 4) is 5.75 Å². The van der Waals surface area contributed by atoms with Crippen LogP contribution in [0.25, 0.3) is 10.9 Å². The van der Waals surface area contributed by atoms with Crippen LogP contribution in [-0.2, 0) is 11.8 Å². The summed E-state index contributed by atoms with van der Waals surface area (Å²) in [5, 5.41) is 7.02. The molecule has 0 atom stereocenters. The van der Waals surface area contributed by atoms with Gasteiger partial charge in [0.2, 0.25) is 5.95 Å². The molecule has 3 fully saturated rings. The number of likely N-dealkylation sites (tertiary alicyclic amines) is 1. The van der Waals surface area contributed by atoms with Gasteiger partial charge in [-0.15, -0.1) is 0 Å². The number of ether oxygens (including phenoxy) is 1. The summed E-state index contributed by atoms with van der Waals surface area (Å²) in [7, 11) is 3.20. The fourth-order valence-corrected chi connectivity index (χ4v) is 6.58. The van der Waals surface area contributed by atoms with Gasteiger partial charge in [-0.3, -0.25) is 9.59 Å². The van der Waals surface area contributed by atoms with E-state index in [0.717, 1.165) is 47.4 Å². The largest absolute Gasteiger partial charge is 0.478 e. The molecule has 42 heavy (non-hydrogen) atoms. The number of nitrogens with zero attached hydrogens (tertiary/aromatic N) is 5. The van der Waals surface area contributed by atoms with Crippen molar-refractivity contribution in [2.45, 2.75) is 38.5 Å². The predicted molar refractivity (Wildman–Crippen MR) is 166 cm³/mol. The third-order valence-electron chi connectivity index (χ3n) is 9.16. The van der Waals surface area contributed by atoms with Crippen LogP contribution in [0.3, 0.4) is 0 Å². The molecule has 0 unspecified atom stereocenters. The molecule has 6 rings (SSSR count). The number of anilines is 3. The Morgan fingerprint density at radius 1 is 1.10 bits per heavy atom. The average Bonchev–Trinajstić information content (AvgIpc) is 2.95. The number of pyridine rings is 1. The fourth-order valence-electron chi connectivity index (χ4n) is 6.44. The fraction of sp³-hybridized carbons (Fsp3) is 0.548. The molecule has 2 N–H and O–H groups in total. The van der Waals surface area contributed by atoms with Crippen LogP contribution in [0.2, 0.25) is 5.02 Å². The second-order valence-corrected chi connectivity index (χ2v) is 12.6. The molecule has 0 spiro atoms. The topological polar surface area (TPSA) is 105 Å². The minimum absolute atomic E-state index is 0.111. The van der Waals surface area contributed by atoms with Gasteiger partial charge in [0.1, 0.15) is 5.02 Å². The second-order valence-electron chi connectivity index (χ2n) is 12.1. The van der Waals surface area contributed by atoms with Crippen molar-refractivity contribution in [1.82, 2.24) is 24.8 Å². The van der Waals surface area contributed by atoms with Crippen LogP contribution in [-0.4, -0.2) is 71.7 Å². The average molecular weight is 594 g/mol. The second kappa shape index (κ2) is 12.5. The third-order valence-corrected chi connectivity index (χ3v) is 9.44. The third kappa shape index (κ3) is 6.34. The van der Waals surface area contributed by atoms with Crippen molar-refractivity contribution in [2.75, 3.05) is 56.6 Å². The maximum atomic E-state index is 12.7. The van der Waals surface area contributed by atoms with Gasteiger partial charge in [0.25, 0.3) is 11.5 Å². The van der Waals surface area contributed by atoms with Gasteiger partial charge in [-0.05, 0) is 74.1 Å². The number of carbonyl (C=O) groups excluding carboxylic acids is 1. The number of benzene rings is 1. The van der Waals surface area contributed by atoms with E-state index in [1.54, 1.807) is 19.3 Å². The number of piperidine rings is 1. The number of rotatable bonds is 10. The SMILES string of the molecule is CNC(=O)COc1cc2cc(Nc3nc(N4CCC(CC5CN(CC6CCC6)C5)CC4)ncc3Cl)ccc2n(C)c1=O. The first-order valence-electron chi connectivity index (χ1n) is 15.1. The molecule has 11 heteroatoms. The molecule has 1 saturated carbocycles. The minimum Gasteiger partial charge on any atom is -0.478 e. The number of halogens is 1. The van der Waals surface area contributed by atoms with Crippen molar-refractivity contribution in [1.29, 1.82) is 0 Å². The summed E-state index contributed by atoms with van der Waals surface area (Å²) in [6.07, 6.45) is 9.64. The van der Waals surface area contributed by atoms with E-state index in [1.165, 1.54) is 69.8 Å². The van der Waals surface area contributed by atoms with Crippen LogP contribution >= 0.6 is 11.6 Å². The van der Waals surface area contributed by atoms with E-state index in [4.69, 9.17) is 21.3 Å². The lowest BCUT2D eigenvalue weighted by atomic mass is 9.81. The molecule has 2 saturated heterocycles. The Morgan fingerprint density at radius 3 is 2.60 bits per heavy atom. The van der Waals surface area contributed by atoms with Gasteiger partial charge >= 0.3 is 0 Å². The van der Waals surface area contributed by atoms with Gasteiger partial charge in [-0.25, -0.2) is 4.98 Å². The molecule has 3 aromatic rings. The highest BCUT2D eigenvalue weighted by molar-refractivity contribution is 6.32. The van der Waals surface area contributed by atoms with Gasteiger partial charge in [-0.1, -0.05) is 18.0 Å². The molecular formula is C31H40ClN7O3. The lowest BCUT2D eigenvalue weighted by Gasteiger charge is -2.45. The van der Waals surface area contributed by atoms with Gasteiger partial charge in [-0.2, -0.15) is 4.98 Å². The molecule has 1 amide bonds. The molecule has 1 aromatic carbocycles. The highest BCUT2D eigenvalue weighted by Gasteiger charge is 2.33. The molecule has 1 aliphatic carbocycles. The number of fused-ring (bicyclic) bond motifs is 1. The summed E-state index contributed by atoms with van der Waals surface area (Å²) in [5.41, 5.74) is 1.19. The van der Waals surface area contributed by atoms with Crippen LogP contribution in [0, 0.1) is 17.8 Å². The molecule has 3 aliphatic rings. The Bertz CT molecular complexity index is 1490. The Balaban J connectivity index is 1.07. The molecular weight excluding hydrogens is 554 g/mol. The van der Waals surface area contributed by atoms with Crippen LogP contribution in [0.15, 0.2) is 35.3 Å². The number of carbonyl (C=O) groups is 1. The monoisotopic (exact) mass is 593 g/mol. The van der Waals surface area contributed by atoms with E-state index >= 15 is 0 Å². The zero-order valence-corrected chi connectivity index (χ0v) is 25.2. The summed E-state index contributed by atoms with van der Waals surface area (Å²) in [6, 6.07) is 7.29. The first-order valence-corrected chi connectivity index (χ1v) is 15.5. The Kier molecular flexibility index (Phi) is 8.53. The van der Waals surface area contributed by atoms with Crippen LogP contribution in [0.1, 0.15) is 38.5 Å². The molecule has 10 nitrogen and oxygen atoms in total. The molecule has 0 bridgehead atoms. The van der Waals surface area contributed by atoms with Crippen molar-refractivity contribution >= 4 is 45.9 Å². The Labute approximate surface area is 251 Å². The van der Waals surface area contributed by atoms with Gasteiger partial charge in [0.15, 0.2) is 18.2 Å². The van der Waals surface area contributed by atoms with E-state index < -0.39 is 0 Å². The van der Waals surface area contributed by atoms with Crippen molar-refractivity contribution in [2.24, 2.45) is 24.8 Å². The molecule has 2 aromatic heterocycles. The highest BCUT2D eigenvalue weighted by Crippen LogP contribution is 2.34. The summed E-state index contributed by atoms with van der Waals surface area (Å²) in [6.45, 7) is 5.58. The van der Waals surface area contributed by atoms with E-state index in [2.05, 4.69) is 25.4 Å². The summed E-state index contributed by atoms with van der Waals surface area (Å²) >= 11 is 6.50. The Hall–Kier alpha value is -3.37. The number of hydrogen-bond donors (Lipinski definition) is 2. The van der Waals surface area contributed by atoms with Gasteiger partial charge in [0.05, 0.1) is 11.7 Å². The normalized spacial score (nSPS) is 18.5. The lowest BCUT2D eigenvalue weighted by Crippen LogP contribution is -2.50. The maximum absolute atomic E-state index is 12.7. The van der Waals surface area contributed by atoms with E-state index in [9.17, 15) is 9.59 Å². The number of likely N-dealkylation sites (N-methyl/N-ethyl adjacent to an activating group) is 1. The zero-order chi connectivity index (χ0) is 29.2. The minimum atomic E-state index is -0.310. The number of amides is 1. The van der Waals surface area contributed by atoms with E-state index in [-0.39, 0.29) is 23.8 Å². The van der Waals surface area contributed by atoms with Crippen LogP contribution < -0.4 is 25.8 Å². The quantitative estimate of drug-likeness (QED) is 0.361. The standard InChI is InChI=1S/C31H40ClN7O3/c1-33-28(40)19-42-27-14-23-13-24(6-7-26(23)37(2)30(27)41)35-29-25(32)15-34-31(36-29)39-10-8-20(9-11-39)12-22-17-38(18-22)16-21-4-3-5-21/h6-7,13-15,20-22H,3-5,8-12,16-19H2,1-2H3,(H,33,40)(H,34,35,36). The molecule has 4 heterocycles. The zero-order valence-electron chi connectivity index (χ0n) is 24.4. The van der Waals surface area contributed by atoms with Crippen molar-refractivity contribution in [3.63, 3.8) is 0 Å². The Morgan fingerprint density at radius 2 is 1.88 bits per heavy atom. The summed E-state index contributed by atoms with van der Waals surface area (Å²) in [5.74, 6) is 3.63. The smallest absolute Gasteiger partial charge is 0.293 e. The summed E-state index contributed by atoms with van der Waals surface area (Å²) in [4.78, 5) is 38.6. The number of aryl methyl sites for hydroxylation is 1. The molecule has 2 aliphatic heterocycles. The lowest BCUT2D eigenvalue weighted by molar-refractivity contribution is -0.122. The number of hydrogen-bond acceptors (Lipinski definition) is 8.